The maximum absolute atomic E-state index is 12.7. The highest BCUT2D eigenvalue weighted by Crippen LogP contribution is 2.35. The molecule has 116 valence electrons. The molecule has 10 heteroatoms. The lowest BCUT2D eigenvalue weighted by molar-refractivity contribution is -0.137. The fourth-order valence-corrected chi connectivity index (χ4v) is 3.47. The molecule has 1 saturated heterocycles. The van der Waals surface area contributed by atoms with E-state index in [-0.39, 0.29) is 0 Å². The number of nitrogens with one attached hydrogen (secondary N) is 1. The number of nitrogens with zero attached hydrogens (tertiary/aromatic N) is 1. The predicted molar refractivity (Wildman–Crippen MR) is 68.0 cm³/mol. The minimum Gasteiger partial charge on any atom is -0.351 e. The third kappa shape index (κ3) is 3.10. The van der Waals surface area contributed by atoms with Gasteiger partial charge in [-0.25, -0.2) is 13.2 Å². The molecule has 1 fully saturated rings. The van der Waals surface area contributed by atoms with Gasteiger partial charge in [-0.1, -0.05) is 0 Å². The number of primary amides is 1. The number of alkyl halides is 3. The lowest BCUT2D eigenvalue weighted by Crippen LogP contribution is -2.42. The third-order valence-corrected chi connectivity index (χ3v) is 4.95. The highest BCUT2D eigenvalue weighted by atomic mass is 32.2. The van der Waals surface area contributed by atoms with Crippen LogP contribution >= 0.6 is 0 Å². The van der Waals surface area contributed by atoms with E-state index in [4.69, 9.17) is 5.73 Å². The molecule has 0 aromatic heterocycles. The third-order valence-electron chi connectivity index (χ3n) is 3.00. The molecule has 1 aliphatic heterocycles. The molecule has 1 heterocycles. The Morgan fingerprint density at radius 2 is 1.90 bits per heavy atom. The van der Waals surface area contributed by atoms with E-state index in [2.05, 4.69) is 0 Å². The largest absolute Gasteiger partial charge is 0.416 e. The Hall–Kier alpha value is -1.81. The van der Waals surface area contributed by atoms with Crippen LogP contribution in [0.5, 0.6) is 0 Å². The van der Waals surface area contributed by atoms with Crippen LogP contribution in [-0.2, 0) is 16.2 Å². The average molecular weight is 323 g/mol. The maximum Gasteiger partial charge on any atom is 0.416 e. The van der Waals surface area contributed by atoms with Gasteiger partial charge in [-0.15, -0.1) is 0 Å². The van der Waals surface area contributed by atoms with Gasteiger partial charge in [0.1, 0.15) is 4.90 Å². The smallest absolute Gasteiger partial charge is 0.351 e. The van der Waals surface area contributed by atoms with E-state index < -0.39 is 38.4 Å². The first-order valence-electron chi connectivity index (χ1n) is 5.90. The normalized spacial score (nSPS) is 16.3. The number of rotatable bonds is 3. The number of anilines is 1. The van der Waals surface area contributed by atoms with Gasteiger partial charge in [0, 0.05) is 13.1 Å². The number of halogens is 3. The van der Waals surface area contributed by atoms with E-state index in [1.165, 1.54) is 0 Å². The topological polar surface area (TPSA) is 92.5 Å². The fraction of sp³-hybridized carbons (Fsp3) is 0.364. The van der Waals surface area contributed by atoms with E-state index in [9.17, 15) is 26.4 Å². The van der Waals surface area contributed by atoms with Crippen molar-refractivity contribution in [3.8, 4) is 0 Å². The molecule has 0 radical (unpaired) electrons. The Morgan fingerprint density at radius 1 is 1.29 bits per heavy atom. The predicted octanol–water partition coefficient (Wildman–Crippen LogP) is 1.59. The van der Waals surface area contributed by atoms with Crippen LogP contribution in [0.4, 0.5) is 23.7 Å². The van der Waals surface area contributed by atoms with E-state index in [0.29, 0.717) is 31.6 Å². The first-order valence-corrected chi connectivity index (χ1v) is 7.34. The summed E-state index contributed by atoms with van der Waals surface area (Å²) in [5, 5.41) is 1.93. The summed E-state index contributed by atoms with van der Waals surface area (Å²) in [6.45, 7) is 0.582. The zero-order valence-corrected chi connectivity index (χ0v) is 11.5. The van der Waals surface area contributed by atoms with Crippen molar-refractivity contribution in [2.45, 2.75) is 17.5 Å². The van der Waals surface area contributed by atoms with Gasteiger partial charge in [0.15, 0.2) is 0 Å². The number of hydrogen-bond acceptors (Lipinski definition) is 3. The molecule has 1 aromatic carbocycles. The molecule has 0 atom stereocenters. The van der Waals surface area contributed by atoms with Crippen molar-refractivity contribution in [3.05, 3.63) is 23.8 Å². The number of carbonyl (C=O) groups is 1. The van der Waals surface area contributed by atoms with Gasteiger partial charge < -0.3 is 11.1 Å². The Kier molecular flexibility index (Phi) is 3.85. The van der Waals surface area contributed by atoms with E-state index in [1.807, 2.05) is 5.32 Å². The van der Waals surface area contributed by atoms with E-state index in [1.54, 1.807) is 0 Å². The first-order chi connectivity index (χ1) is 9.62. The van der Waals surface area contributed by atoms with Gasteiger partial charge in [-0.05, 0) is 24.6 Å². The molecule has 0 aliphatic carbocycles. The summed E-state index contributed by atoms with van der Waals surface area (Å²) in [4.78, 5) is 10.5. The number of benzene rings is 1. The lowest BCUT2D eigenvalue weighted by atomic mass is 10.2. The van der Waals surface area contributed by atoms with Gasteiger partial charge in [-0.2, -0.15) is 17.5 Å². The van der Waals surface area contributed by atoms with Crippen molar-refractivity contribution in [2.24, 2.45) is 5.73 Å². The highest BCUT2D eigenvalue weighted by molar-refractivity contribution is 7.89. The SMILES string of the molecule is NC(=O)Nc1cc(C(F)(F)F)ccc1S(=O)(=O)N1CCC1. The van der Waals surface area contributed by atoms with Crippen LogP contribution in [0, 0.1) is 0 Å². The molecule has 3 N–H and O–H groups in total. The minimum atomic E-state index is -4.66. The zero-order chi connectivity index (χ0) is 15.8. The van der Waals surface area contributed by atoms with Crippen molar-refractivity contribution in [1.29, 1.82) is 0 Å². The molecule has 1 aliphatic rings. The van der Waals surface area contributed by atoms with Crippen LogP contribution in [0.2, 0.25) is 0 Å². The van der Waals surface area contributed by atoms with E-state index >= 15 is 0 Å². The summed E-state index contributed by atoms with van der Waals surface area (Å²) in [5.74, 6) is 0. The van der Waals surface area contributed by atoms with Crippen LogP contribution in [0.3, 0.4) is 0 Å². The second-order valence-electron chi connectivity index (χ2n) is 4.46. The average Bonchev–Trinajstić information content (AvgIpc) is 2.23. The molecule has 21 heavy (non-hydrogen) atoms. The van der Waals surface area contributed by atoms with Crippen molar-refractivity contribution < 1.29 is 26.4 Å². The van der Waals surface area contributed by atoms with Gasteiger partial charge in [0.25, 0.3) is 0 Å². The monoisotopic (exact) mass is 323 g/mol. The van der Waals surface area contributed by atoms with Crippen molar-refractivity contribution in [3.63, 3.8) is 0 Å². The number of hydrogen-bond donors (Lipinski definition) is 2. The molecule has 0 saturated carbocycles. The number of carbonyl (C=O) groups excluding carboxylic acids is 1. The Balaban J connectivity index is 2.52. The maximum atomic E-state index is 12.7. The van der Waals surface area contributed by atoms with Gasteiger partial charge in [0.05, 0.1) is 11.3 Å². The zero-order valence-electron chi connectivity index (χ0n) is 10.6. The molecular weight excluding hydrogens is 311 g/mol. The van der Waals surface area contributed by atoms with Crippen LogP contribution in [0.1, 0.15) is 12.0 Å². The highest BCUT2D eigenvalue weighted by Gasteiger charge is 2.35. The second-order valence-corrected chi connectivity index (χ2v) is 6.36. The number of nitrogens with two attached hydrogens (primary N) is 1. The molecule has 0 spiro atoms. The number of sulfonamides is 1. The van der Waals surface area contributed by atoms with Crippen molar-refractivity contribution in [2.75, 3.05) is 18.4 Å². The second kappa shape index (κ2) is 5.19. The standard InChI is InChI=1S/C11H12F3N3O3S/c12-11(13,14)7-2-3-9(8(6-7)16-10(15)18)21(19,20)17-4-1-5-17/h2-3,6H,1,4-5H2,(H3,15,16,18). The summed E-state index contributed by atoms with van der Waals surface area (Å²) in [7, 11) is -3.95. The summed E-state index contributed by atoms with van der Waals surface area (Å²) >= 11 is 0. The van der Waals surface area contributed by atoms with Crippen LogP contribution in [-0.4, -0.2) is 31.8 Å². The molecule has 6 nitrogen and oxygen atoms in total. The lowest BCUT2D eigenvalue weighted by Gasteiger charge is -2.30. The van der Waals surface area contributed by atoms with Crippen LogP contribution < -0.4 is 11.1 Å². The molecular formula is C11H12F3N3O3S. The summed E-state index contributed by atoms with van der Waals surface area (Å²) in [5.41, 5.74) is 3.32. The van der Waals surface area contributed by atoms with Crippen molar-refractivity contribution >= 4 is 21.7 Å². The van der Waals surface area contributed by atoms with Gasteiger partial charge in [-0.3, -0.25) is 0 Å². The minimum absolute atomic E-state index is 0.291. The Bertz CT molecular complexity index is 669. The first kappa shape index (κ1) is 15.6. The van der Waals surface area contributed by atoms with Gasteiger partial charge >= 0.3 is 12.2 Å². The molecule has 2 amide bonds. The van der Waals surface area contributed by atoms with Crippen molar-refractivity contribution in [1.82, 2.24) is 4.31 Å². The molecule has 2 rings (SSSR count). The van der Waals surface area contributed by atoms with Crippen LogP contribution in [0.15, 0.2) is 23.1 Å². The Morgan fingerprint density at radius 3 is 2.33 bits per heavy atom. The van der Waals surface area contributed by atoms with Crippen LogP contribution in [0.25, 0.3) is 0 Å². The molecule has 0 unspecified atom stereocenters. The summed E-state index contributed by atoms with van der Waals surface area (Å²) in [6.07, 6.45) is -3.98. The fourth-order valence-electron chi connectivity index (χ4n) is 1.83. The molecule has 0 bridgehead atoms. The van der Waals surface area contributed by atoms with Gasteiger partial charge in [0.2, 0.25) is 10.0 Å². The molecule has 1 aromatic rings. The van der Waals surface area contributed by atoms with E-state index in [0.717, 1.165) is 10.4 Å². The number of urea groups is 1. The Labute approximate surface area is 118 Å². The number of amides is 2. The summed E-state index contributed by atoms with van der Waals surface area (Å²) in [6, 6.07) is 0.882. The summed E-state index contributed by atoms with van der Waals surface area (Å²) < 4.78 is 63.6. The quantitative estimate of drug-likeness (QED) is 0.884.